The zero-order valence-corrected chi connectivity index (χ0v) is 17.3. The van der Waals surface area contributed by atoms with E-state index in [1.807, 2.05) is 0 Å². The summed E-state index contributed by atoms with van der Waals surface area (Å²) in [5.41, 5.74) is 0.780. The van der Waals surface area contributed by atoms with E-state index in [1.165, 1.54) is 30.0 Å². The Kier molecular flexibility index (Phi) is 6.30. The number of hydrogen-bond acceptors (Lipinski definition) is 7. The fraction of sp³-hybridized carbons (Fsp3) is 0.143. The van der Waals surface area contributed by atoms with Crippen LogP contribution in [0.1, 0.15) is 22.8 Å². The van der Waals surface area contributed by atoms with E-state index in [-0.39, 0.29) is 11.5 Å². The molecule has 0 spiro atoms. The van der Waals surface area contributed by atoms with E-state index in [9.17, 15) is 19.5 Å². The monoisotopic (exact) mass is 442 g/mol. The van der Waals surface area contributed by atoms with Gasteiger partial charge in [0.05, 0.1) is 10.6 Å². The molecule has 1 unspecified atom stereocenters. The highest BCUT2D eigenvalue weighted by molar-refractivity contribution is 8.18. The van der Waals surface area contributed by atoms with Gasteiger partial charge in [-0.25, -0.2) is 14.6 Å². The SMILES string of the molecule is CC(Oc1ccc(/C=C2\SC(=Nc3ccc(C(=O)O)c(O)c3)N(C)C2=O)cc1)C(=O)O. The molecule has 0 aliphatic carbocycles. The zero-order chi connectivity index (χ0) is 22.7. The lowest BCUT2D eigenvalue weighted by atomic mass is 10.2. The number of thioether (sulfide) groups is 1. The Labute approximate surface area is 181 Å². The molecule has 31 heavy (non-hydrogen) atoms. The number of carboxylic acids is 2. The summed E-state index contributed by atoms with van der Waals surface area (Å²) in [6, 6.07) is 10.5. The fourth-order valence-electron chi connectivity index (χ4n) is 2.58. The number of rotatable bonds is 6. The van der Waals surface area contributed by atoms with Gasteiger partial charge in [-0.2, -0.15) is 0 Å². The van der Waals surface area contributed by atoms with E-state index >= 15 is 0 Å². The standard InChI is InChI=1S/C21H18N2O7S/c1-11(19(26)27)30-14-6-3-12(4-7-14)9-17-18(25)23(2)21(31-17)22-13-5-8-15(20(28)29)16(24)10-13/h3-11,24H,1-2H3,(H,26,27)(H,28,29)/b17-9-,22-21?. The number of phenols is 1. The number of carbonyl (C=O) groups is 3. The minimum atomic E-state index is -1.25. The quantitative estimate of drug-likeness (QED) is 0.580. The lowest BCUT2D eigenvalue weighted by Crippen LogP contribution is -2.23. The fourth-order valence-corrected chi connectivity index (χ4v) is 3.57. The maximum absolute atomic E-state index is 12.5. The number of nitrogens with zero attached hydrogens (tertiary/aromatic N) is 2. The molecule has 1 aliphatic heterocycles. The molecule has 1 saturated heterocycles. The van der Waals surface area contributed by atoms with Gasteiger partial charge in [0.25, 0.3) is 5.91 Å². The van der Waals surface area contributed by atoms with Crippen molar-refractivity contribution in [3.05, 3.63) is 58.5 Å². The first kappa shape index (κ1) is 21.9. The molecule has 2 aromatic rings. The van der Waals surface area contributed by atoms with Crippen LogP contribution in [0.15, 0.2) is 52.4 Å². The first-order chi connectivity index (χ1) is 14.7. The van der Waals surface area contributed by atoms with Gasteiger partial charge in [-0.1, -0.05) is 12.1 Å². The summed E-state index contributed by atoms with van der Waals surface area (Å²) in [6.07, 6.45) is 0.689. The number of ether oxygens (including phenoxy) is 1. The van der Waals surface area contributed by atoms with Gasteiger partial charge >= 0.3 is 11.9 Å². The summed E-state index contributed by atoms with van der Waals surface area (Å²) in [5.74, 6) is -2.61. The number of aromatic carboxylic acids is 1. The number of carboxylic acid groups (broad SMARTS) is 2. The molecule has 3 N–H and O–H groups in total. The van der Waals surface area contributed by atoms with Crippen molar-refractivity contribution >= 4 is 46.5 Å². The maximum Gasteiger partial charge on any atom is 0.344 e. The van der Waals surface area contributed by atoms with Gasteiger partial charge in [-0.15, -0.1) is 0 Å². The van der Waals surface area contributed by atoms with Gasteiger partial charge in [-0.05, 0) is 54.6 Å². The van der Waals surface area contributed by atoms with Crippen LogP contribution >= 0.6 is 11.8 Å². The second kappa shape index (κ2) is 8.92. The normalized spacial score (nSPS) is 17.2. The van der Waals surface area contributed by atoms with Crippen molar-refractivity contribution in [1.29, 1.82) is 0 Å². The Balaban J connectivity index is 1.79. The third-order valence-electron chi connectivity index (χ3n) is 4.28. The van der Waals surface area contributed by atoms with Crippen molar-refractivity contribution < 1.29 is 34.4 Å². The zero-order valence-electron chi connectivity index (χ0n) is 16.5. The average Bonchev–Trinajstić information content (AvgIpc) is 2.97. The van der Waals surface area contributed by atoms with E-state index in [1.54, 1.807) is 37.4 Å². The molecule has 1 aliphatic rings. The third kappa shape index (κ3) is 5.04. The molecule has 1 amide bonds. The van der Waals surface area contributed by atoms with E-state index < -0.39 is 23.8 Å². The van der Waals surface area contributed by atoms with Crippen molar-refractivity contribution in [3.8, 4) is 11.5 Å². The van der Waals surface area contributed by atoms with Crippen LogP contribution in [0.5, 0.6) is 11.5 Å². The lowest BCUT2D eigenvalue weighted by molar-refractivity contribution is -0.144. The van der Waals surface area contributed by atoms with Crippen LogP contribution in [-0.2, 0) is 9.59 Å². The predicted molar refractivity (Wildman–Crippen MR) is 115 cm³/mol. The van der Waals surface area contributed by atoms with Crippen LogP contribution in [0, 0.1) is 0 Å². The summed E-state index contributed by atoms with van der Waals surface area (Å²) >= 11 is 1.13. The van der Waals surface area contributed by atoms with Crippen LogP contribution in [0.2, 0.25) is 0 Å². The number of likely N-dealkylation sites (N-methyl/N-ethyl adjacent to an activating group) is 1. The predicted octanol–water partition coefficient (Wildman–Crippen LogP) is 3.18. The third-order valence-corrected chi connectivity index (χ3v) is 5.34. The molecule has 0 aromatic heterocycles. The number of aromatic hydroxyl groups is 1. The number of hydrogen-bond donors (Lipinski definition) is 3. The van der Waals surface area contributed by atoms with Crippen LogP contribution < -0.4 is 4.74 Å². The van der Waals surface area contributed by atoms with Crippen molar-refractivity contribution in [1.82, 2.24) is 4.90 Å². The summed E-state index contributed by atoms with van der Waals surface area (Å²) < 4.78 is 5.28. The minimum absolute atomic E-state index is 0.238. The Bertz CT molecular complexity index is 1110. The highest BCUT2D eigenvalue weighted by Crippen LogP contribution is 2.34. The second-order valence-corrected chi connectivity index (χ2v) is 7.55. The highest BCUT2D eigenvalue weighted by Gasteiger charge is 2.30. The Morgan fingerprint density at radius 1 is 1.16 bits per heavy atom. The number of aliphatic imine (C=N–C) groups is 1. The number of carbonyl (C=O) groups excluding carboxylic acids is 1. The molecule has 0 radical (unpaired) electrons. The first-order valence-corrected chi connectivity index (χ1v) is 9.79. The largest absolute Gasteiger partial charge is 0.507 e. The molecule has 1 fully saturated rings. The molecular formula is C21H18N2O7S. The van der Waals surface area contributed by atoms with Crippen LogP contribution in [0.25, 0.3) is 6.08 Å². The van der Waals surface area contributed by atoms with Crippen molar-refractivity contribution in [2.45, 2.75) is 13.0 Å². The Morgan fingerprint density at radius 3 is 2.42 bits per heavy atom. The highest BCUT2D eigenvalue weighted by atomic mass is 32.2. The number of amides is 1. The molecule has 1 atom stereocenters. The average molecular weight is 442 g/mol. The molecule has 160 valence electrons. The summed E-state index contributed by atoms with van der Waals surface area (Å²) in [7, 11) is 1.56. The van der Waals surface area contributed by atoms with Crippen LogP contribution in [0.3, 0.4) is 0 Å². The number of amidine groups is 1. The van der Waals surface area contributed by atoms with Crippen molar-refractivity contribution in [2.75, 3.05) is 7.05 Å². The number of aliphatic carboxylic acids is 1. The first-order valence-electron chi connectivity index (χ1n) is 8.98. The molecule has 10 heteroatoms. The Morgan fingerprint density at radius 2 is 1.84 bits per heavy atom. The summed E-state index contributed by atoms with van der Waals surface area (Å²) in [6.45, 7) is 1.43. The molecule has 2 aromatic carbocycles. The minimum Gasteiger partial charge on any atom is -0.507 e. The molecule has 0 saturated carbocycles. The Hall–Kier alpha value is -3.79. The van der Waals surface area contributed by atoms with E-state index in [2.05, 4.69) is 4.99 Å². The summed E-state index contributed by atoms with van der Waals surface area (Å²) in [4.78, 5) is 40.5. The van der Waals surface area contributed by atoms with Crippen LogP contribution in [-0.4, -0.2) is 56.4 Å². The number of benzene rings is 2. The second-order valence-electron chi connectivity index (χ2n) is 6.54. The smallest absolute Gasteiger partial charge is 0.344 e. The van der Waals surface area contributed by atoms with Gasteiger partial charge in [-0.3, -0.25) is 9.69 Å². The molecular weight excluding hydrogens is 424 g/mol. The van der Waals surface area contributed by atoms with Crippen molar-refractivity contribution in [2.24, 2.45) is 4.99 Å². The summed E-state index contributed by atoms with van der Waals surface area (Å²) in [5, 5.41) is 28.1. The topological polar surface area (TPSA) is 137 Å². The van der Waals surface area contributed by atoms with Gasteiger partial charge < -0.3 is 20.1 Å². The van der Waals surface area contributed by atoms with E-state index in [0.717, 1.165) is 11.8 Å². The molecule has 9 nitrogen and oxygen atoms in total. The molecule has 1 heterocycles. The van der Waals surface area contributed by atoms with Gasteiger partial charge in [0.15, 0.2) is 11.3 Å². The van der Waals surface area contributed by atoms with E-state index in [4.69, 9.17) is 14.9 Å². The van der Waals surface area contributed by atoms with Crippen LogP contribution in [0.4, 0.5) is 5.69 Å². The van der Waals surface area contributed by atoms with Gasteiger partial charge in [0.2, 0.25) is 0 Å². The van der Waals surface area contributed by atoms with Crippen molar-refractivity contribution in [3.63, 3.8) is 0 Å². The maximum atomic E-state index is 12.5. The molecule has 0 bridgehead atoms. The molecule has 3 rings (SSSR count). The lowest BCUT2D eigenvalue weighted by Gasteiger charge is -2.10. The van der Waals surface area contributed by atoms with Gasteiger partial charge in [0.1, 0.15) is 17.1 Å². The van der Waals surface area contributed by atoms with E-state index in [0.29, 0.717) is 27.1 Å². The van der Waals surface area contributed by atoms with Gasteiger partial charge in [0, 0.05) is 13.1 Å².